The van der Waals surface area contributed by atoms with E-state index in [1.807, 2.05) is 36.4 Å². The van der Waals surface area contributed by atoms with Gasteiger partial charge in [0.25, 0.3) is 0 Å². The Bertz CT molecular complexity index is 1220. The average molecular weight is 440 g/mol. The Morgan fingerprint density at radius 2 is 1.73 bits per heavy atom. The topological polar surface area (TPSA) is 85.9 Å². The molecule has 2 aromatic heterocycles. The highest BCUT2D eigenvalue weighted by Gasteiger charge is 2.49. The number of phenols is 1. The van der Waals surface area contributed by atoms with Crippen molar-refractivity contribution in [3.05, 3.63) is 54.4 Å². The van der Waals surface area contributed by atoms with Crippen LogP contribution in [0.5, 0.6) is 5.75 Å². The third-order valence-electron chi connectivity index (χ3n) is 7.68. The Hall–Kier alpha value is -3.46. The number of pyridine rings is 1. The van der Waals surface area contributed by atoms with E-state index in [2.05, 4.69) is 41.0 Å². The molecular weight excluding hydrogens is 410 g/mol. The van der Waals surface area contributed by atoms with E-state index in [4.69, 9.17) is 5.26 Å². The van der Waals surface area contributed by atoms with Gasteiger partial charge in [-0.05, 0) is 90.5 Å². The predicted molar refractivity (Wildman–Crippen MR) is 129 cm³/mol. The fourth-order valence-electron chi connectivity index (χ4n) is 6.09. The molecule has 0 saturated heterocycles. The first-order chi connectivity index (χ1) is 15.8. The lowest BCUT2D eigenvalue weighted by Gasteiger charge is -2.44. The summed E-state index contributed by atoms with van der Waals surface area (Å²) in [5, 5.41) is 28.7. The SMILES string of the molecule is CN(c1ccc(-c2ccc(-c3ccnc(C#N)c3)cc2O)nn1)[C@H]1C[C@]2(C)CC[C@](C)(C1)C2. The van der Waals surface area contributed by atoms with Gasteiger partial charge in [-0.1, -0.05) is 19.9 Å². The summed E-state index contributed by atoms with van der Waals surface area (Å²) >= 11 is 0. The lowest BCUT2D eigenvalue weighted by Crippen LogP contribution is -2.42. The molecule has 2 aliphatic carbocycles. The maximum atomic E-state index is 10.7. The van der Waals surface area contributed by atoms with E-state index in [9.17, 15) is 5.11 Å². The molecule has 2 fully saturated rings. The molecule has 2 aliphatic rings. The molecule has 0 aliphatic heterocycles. The van der Waals surface area contributed by atoms with E-state index in [0.29, 0.717) is 33.8 Å². The molecule has 2 heterocycles. The van der Waals surface area contributed by atoms with Crippen molar-refractivity contribution in [2.75, 3.05) is 11.9 Å². The van der Waals surface area contributed by atoms with Gasteiger partial charge in [0.15, 0.2) is 5.82 Å². The third-order valence-corrected chi connectivity index (χ3v) is 7.68. The van der Waals surface area contributed by atoms with E-state index >= 15 is 0 Å². The van der Waals surface area contributed by atoms with Crippen LogP contribution in [0.3, 0.4) is 0 Å². The summed E-state index contributed by atoms with van der Waals surface area (Å²) in [4.78, 5) is 6.29. The summed E-state index contributed by atoms with van der Waals surface area (Å²) in [6.07, 6.45) is 7.98. The minimum absolute atomic E-state index is 0.128. The van der Waals surface area contributed by atoms with Crippen LogP contribution >= 0.6 is 0 Å². The molecule has 6 heteroatoms. The van der Waals surface area contributed by atoms with Gasteiger partial charge in [-0.25, -0.2) is 4.98 Å². The first-order valence-electron chi connectivity index (χ1n) is 11.5. The van der Waals surface area contributed by atoms with Crippen molar-refractivity contribution in [2.45, 2.75) is 52.0 Å². The van der Waals surface area contributed by atoms with Crippen LogP contribution < -0.4 is 4.90 Å². The number of hydrogen-bond acceptors (Lipinski definition) is 6. The fourth-order valence-corrected chi connectivity index (χ4v) is 6.09. The van der Waals surface area contributed by atoms with Crippen molar-refractivity contribution < 1.29 is 5.11 Å². The van der Waals surface area contributed by atoms with Crippen LogP contribution in [0.4, 0.5) is 5.82 Å². The third kappa shape index (κ3) is 4.04. The second kappa shape index (κ2) is 7.84. The second-order valence-corrected chi connectivity index (χ2v) is 10.5. The van der Waals surface area contributed by atoms with Gasteiger partial charge in [0, 0.05) is 24.8 Å². The number of aromatic nitrogens is 3. The van der Waals surface area contributed by atoms with Crippen molar-refractivity contribution >= 4 is 5.82 Å². The van der Waals surface area contributed by atoms with E-state index in [0.717, 1.165) is 16.9 Å². The first-order valence-corrected chi connectivity index (χ1v) is 11.5. The number of nitriles is 1. The summed E-state index contributed by atoms with van der Waals surface area (Å²) in [7, 11) is 2.13. The molecule has 1 aromatic carbocycles. The molecule has 0 spiro atoms. The normalized spacial score (nSPS) is 26.1. The largest absolute Gasteiger partial charge is 0.507 e. The van der Waals surface area contributed by atoms with E-state index in [1.165, 1.54) is 32.1 Å². The number of phenolic OH excluding ortho intramolecular Hbond substituents is 1. The fraction of sp³-hybridized carbons (Fsp3) is 0.407. The molecule has 1 N–H and O–H groups in total. The van der Waals surface area contributed by atoms with Crippen molar-refractivity contribution in [3.8, 4) is 34.2 Å². The van der Waals surface area contributed by atoms with Gasteiger partial charge in [-0.15, -0.1) is 10.2 Å². The van der Waals surface area contributed by atoms with Gasteiger partial charge >= 0.3 is 0 Å². The first kappa shape index (κ1) is 21.4. The highest BCUT2D eigenvalue weighted by Crippen LogP contribution is 2.58. The molecular formula is C27H29N5O. The van der Waals surface area contributed by atoms with Gasteiger partial charge in [-0.2, -0.15) is 5.26 Å². The zero-order valence-electron chi connectivity index (χ0n) is 19.4. The Labute approximate surface area is 194 Å². The zero-order valence-corrected chi connectivity index (χ0v) is 19.4. The lowest BCUT2D eigenvalue weighted by atomic mass is 9.68. The molecule has 33 heavy (non-hydrogen) atoms. The van der Waals surface area contributed by atoms with Crippen LogP contribution in [0, 0.1) is 22.2 Å². The summed E-state index contributed by atoms with van der Waals surface area (Å²) in [6, 6.07) is 15.4. The smallest absolute Gasteiger partial charge is 0.151 e. The Morgan fingerprint density at radius 1 is 1.00 bits per heavy atom. The van der Waals surface area contributed by atoms with Crippen molar-refractivity contribution in [1.82, 2.24) is 15.2 Å². The Balaban J connectivity index is 1.36. The second-order valence-electron chi connectivity index (χ2n) is 10.5. The minimum Gasteiger partial charge on any atom is -0.507 e. The monoisotopic (exact) mass is 439 g/mol. The maximum Gasteiger partial charge on any atom is 0.151 e. The average Bonchev–Trinajstić information content (AvgIpc) is 3.05. The Morgan fingerprint density at radius 3 is 2.36 bits per heavy atom. The van der Waals surface area contributed by atoms with Crippen LogP contribution in [0.25, 0.3) is 22.4 Å². The number of anilines is 1. The van der Waals surface area contributed by atoms with Gasteiger partial charge in [0.2, 0.25) is 0 Å². The summed E-state index contributed by atoms with van der Waals surface area (Å²) in [5.41, 5.74) is 4.13. The highest BCUT2D eigenvalue weighted by atomic mass is 16.3. The summed E-state index contributed by atoms with van der Waals surface area (Å²) < 4.78 is 0. The summed E-state index contributed by atoms with van der Waals surface area (Å²) in [6.45, 7) is 4.87. The van der Waals surface area contributed by atoms with Crippen molar-refractivity contribution in [3.63, 3.8) is 0 Å². The molecule has 0 radical (unpaired) electrons. The van der Waals surface area contributed by atoms with Crippen LogP contribution in [0.15, 0.2) is 48.7 Å². The number of benzene rings is 1. The van der Waals surface area contributed by atoms with E-state index in [1.54, 1.807) is 18.3 Å². The lowest BCUT2D eigenvalue weighted by molar-refractivity contribution is 0.148. The zero-order chi connectivity index (χ0) is 23.2. The number of hydrogen-bond donors (Lipinski definition) is 1. The van der Waals surface area contributed by atoms with Crippen LogP contribution in [0.2, 0.25) is 0 Å². The van der Waals surface area contributed by atoms with Gasteiger partial charge in [-0.3, -0.25) is 0 Å². The molecule has 0 unspecified atom stereocenters. The molecule has 3 aromatic rings. The van der Waals surface area contributed by atoms with Gasteiger partial charge in [0.1, 0.15) is 17.5 Å². The number of aromatic hydroxyl groups is 1. The number of nitrogens with zero attached hydrogens (tertiary/aromatic N) is 5. The molecule has 5 rings (SSSR count). The number of fused-ring (bicyclic) bond motifs is 2. The van der Waals surface area contributed by atoms with Crippen LogP contribution in [-0.2, 0) is 0 Å². The van der Waals surface area contributed by atoms with Crippen molar-refractivity contribution in [2.24, 2.45) is 10.8 Å². The molecule has 168 valence electrons. The van der Waals surface area contributed by atoms with Crippen LogP contribution in [0.1, 0.15) is 51.6 Å². The van der Waals surface area contributed by atoms with Crippen molar-refractivity contribution in [1.29, 1.82) is 5.26 Å². The predicted octanol–water partition coefficient (Wildman–Crippen LogP) is 5.58. The molecule has 2 saturated carbocycles. The van der Waals surface area contributed by atoms with Gasteiger partial charge in [0.05, 0.1) is 5.69 Å². The molecule has 2 bridgehead atoms. The van der Waals surface area contributed by atoms with Gasteiger partial charge < -0.3 is 10.0 Å². The quantitative estimate of drug-likeness (QED) is 0.571. The Kier molecular flexibility index (Phi) is 5.08. The standard InChI is InChI=1S/C27H29N5O/c1-26-9-10-27(2,17-26)15-21(14-26)32(3)25-7-6-23(30-31-25)22-5-4-18(13-24(22)33)19-8-11-29-20(12-19)16-28/h4-8,11-13,21,33H,9-10,14-15,17H2,1-3H3/t21-,26-,27+. The summed E-state index contributed by atoms with van der Waals surface area (Å²) in [5.74, 6) is 0.997. The maximum absolute atomic E-state index is 10.7. The van der Waals surface area contributed by atoms with E-state index in [-0.39, 0.29) is 5.75 Å². The highest BCUT2D eigenvalue weighted by molar-refractivity contribution is 5.74. The molecule has 3 atom stereocenters. The molecule has 6 nitrogen and oxygen atoms in total. The molecule has 0 amide bonds. The number of rotatable bonds is 4. The minimum atomic E-state index is 0.128. The van der Waals surface area contributed by atoms with Crippen LogP contribution in [-0.4, -0.2) is 33.4 Å². The van der Waals surface area contributed by atoms with E-state index < -0.39 is 0 Å².